The SMILES string of the molecule is O=C(O)CCC(NC(=O)CCc1ccc(O)cc1)C(=O)O. The van der Waals surface area contributed by atoms with Crippen molar-refractivity contribution in [2.45, 2.75) is 31.7 Å². The van der Waals surface area contributed by atoms with Crippen LogP contribution in [0.15, 0.2) is 24.3 Å². The van der Waals surface area contributed by atoms with Gasteiger partial charge in [-0.1, -0.05) is 12.1 Å². The average molecular weight is 295 g/mol. The van der Waals surface area contributed by atoms with Crippen LogP contribution in [0.2, 0.25) is 0 Å². The third kappa shape index (κ3) is 6.42. The van der Waals surface area contributed by atoms with Crippen molar-refractivity contribution in [2.75, 3.05) is 0 Å². The van der Waals surface area contributed by atoms with Gasteiger partial charge in [0.2, 0.25) is 5.91 Å². The van der Waals surface area contributed by atoms with Crippen LogP contribution in [0.1, 0.15) is 24.8 Å². The lowest BCUT2D eigenvalue weighted by Crippen LogP contribution is -2.41. The standard InChI is InChI=1S/C14H17NO6/c16-10-4-1-9(2-5-10)3-7-12(17)15-11(14(20)21)6-8-13(18)19/h1-2,4-5,11,16H,3,6-8H2,(H,15,17)(H,18,19)(H,20,21). The number of amides is 1. The molecular formula is C14H17NO6. The van der Waals surface area contributed by atoms with Gasteiger partial charge in [-0.25, -0.2) is 4.79 Å². The molecule has 1 aromatic rings. The van der Waals surface area contributed by atoms with Crippen LogP contribution in [0.5, 0.6) is 5.75 Å². The molecule has 21 heavy (non-hydrogen) atoms. The first-order chi connectivity index (χ1) is 9.88. The Morgan fingerprint density at radius 1 is 1.05 bits per heavy atom. The number of carboxylic acid groups (broad SMARTS) is 2. The van der Waals surface area contributed by atoms with Gasteiger partial charge in [0, 0.05) is 12.8 Å². The van der Waals surface area contributed by atoms with Crippen molar-refractivity contribution in [1.82, 2.24) is 5.32 Å². The number of hydrogen-bond donors (Lipinski definition) is 4. The largest absolute Gasteiger partial charge is 0.508 e. The Bertz CT molecular complexity index is 511. The topological polar surface area (TPSA) is 124 Å². The molecule has 1 unspecified atom stereocenters. The summed E-state index contributed by atoms with van der Waals surface area (Å²) in [5, 5.41) is 28.9. The summed E-state index contributed by atoms with van der Waals surface area (Å²) in [5.74, 6) is -2.70. The zero-order chi connectivity index (χ0) is 15.8. The molecule has 114 valence electrons. The zero-order valence-electron chi connectivity index (χ0n) is 11.3. The highest BCUT2D eigenvalue weighted by molar-refractivity contribution is 5.84. The van der Waals surface area contributed by atoms with E-state index in [-0.39, 0.29) is 25.0 Å². The van der Waals surface area contributed by atoms with Gasteiger partial charge in [0.15, 0.2) is 0 Å². The Hall–Kier alpha value is -2.57. The smallest absolute Gasteiger partial charge is 0.326 e. The Labute approximate surface area is 121 Å². The van der Waals surface area contributed by atoms with E-state index in [2.05, 4.69) is 5.32 Å². The minimum atomic E-state index is -1.26. The lowest BCUT2D eigenvalue weighted by atomic mass is 10.1. The zero-order valence-corrected chi connectivity index (χ0v) is 11.3. The highest BCUT2D eigenvalue weighted by Crippen LogP contribution is 2.11. The molecule has 0 aliphatic heterocycles. The molecule has 4 N–H and O–H groups in total. The number of phenols is 1. The second kappa shape index (κ2) is 7.88. The van der Waals surface area contributed by atoms with Crippen molar-refractivity contribution >= 4 is 17.8 Å². The number of benzene rings is 1. The van der Waals surface area contributed by atoms with E-state index in [1.54, 1.807) is 12.1 Å². The van der Waals surface area contributed by atoms with Gasteiger partial charge in [0.05, 0.1) is 0 Å². The molecule has 0 saturated heterocycles. The predicted octanol–water partition coefficient (Wildman–Crippen LogP) is 0.759. The summed E-state index contributed by atoms with van der Waals surface area (Å²) >= 11 is 0. The van der Waals surface area contributed by atoms with E-state index in [0.29, 0.717) is 6.42 Å². The molecule has 7 heteroatoms. The molecule has 7 nitrogen and oxygen atoms in total. The van der Waals surface area contributed by atoms with Crippen LogP contribution in [0.4, 0.5) is 0 Å². The van der Waals surface area contributed by atoms with E-state index in [4.69, 9.17) is 15.3 Å². The van der Waals surface area contributed by atoms with Crippen LogP contribution >= 0.6 is 0 Å². The minimum absolute atomic E-state index is 0.0849. The van der Waals surface area contributed by atoms with Crippen LogP contribution in [-0.2, 0) is 20.8 Å². The quantitative estimate of drug-likeness (QED) is 0.561. The number of nitrogens with one attached hydrogen (secondary N) is 1. The van der Waals surface area contributed by atoms with Gasteiger partial charge in [0.1, 0.15) is 11.8 Å². The Morgan fingerprint density at radius 3 is 2.19 bits per heavy atom. The van der Waals surface area contributed by atoms with E-state index in [0.717, 1.165) is 5.56 Å². The second-order valence-electron chi connectivity index (χ2n) is 4.56. The summed E-state index contributed by atoms with van der Waals surface area (Å²) in [4.78, 5) is 33.0. The summed E-state index contributed by atoms with van der Waals surface area (Å²) in [5.41, 5.74) is 0.834. The number of aryl methyl sites for hydroxylation is 1. The monoisotopic (exact) mass is 295 g/mol. The molecule has 1 amide bonds. The molecule has 0 radical (unpaired) electrons. The third-order valence-electron chi connectivity index (χ3n) is 2.86. The van der Waals surface area contributed by atoms with Gasteiger partial charge in [-0.15, -0.1) is 0 Å². The summed E-state index contributed by atoms with van der Waals surface area (Å²) in [6.45, 7) is 0. The summed E-state index contributed by atoms with van der Waals surface area (Å²) in [6.07, 6.45) is 0.00380. The van der Waals surface area contributed by atoms with Gasteiger partial charge in [-0.05, 0) is 30.5 Å². The summed E-state index contributed by atoms with van der Waals surface area (Å²) < 4.78 is 0. The molecule has 0 aromatic heterocycles. The van der Waals surface area contributed by atoms with Crippen molar-refractivity contribution in [3.8, 4) is 5.75 Å². The number of carboxylic acids is 2. The van der Waals surface area contributed by atoms with E-state index >= 15 is 0 Å². The highest BCUT2D eigenvalue weighted by atomic mass is 16.4. The molecule has 0 aliphatic rings. The molecule has 1 atom stereocenters. The maximum absolute atomic E-state index is 11.7. The molecule has 0 saturated carbocycles. The lowest BCUT2D eigenvalue weighted by molar-refractivity contribution is -0.143. The normalized spacial score (nSPS) is 11.6. The average Bonchev–Trinajstić information content (AvgIpc) is 2.42. The van der Waals surface area contributed by atoms with Crippen molar-refractivity contribution in [1.29, 1.82) is 0 Å². The first-order valence-electron chi connectivity index (χ1n) is 6.40. The van der Waals surface area contributed by atoms with Crippen molar-refractivity contribution in [2.24, 2.45) is 0 Å². The molecule has 0 heterocycles. The van der Waals surface area contributed by atoms with Crippen molar-refractivity contribution in [3.63, 3.8) is 0 Å². The van der Waals surface area contributed by atoms with E-state index in [9.17, 15) is 14.4 Å². The number of phenolic OH excluding ortho intramolecular Hbond substituents is 1. The fourth-order valence-corrected chi connectivity index (χ4v) is 1.71. The summed E-state index contributed by atoms with van der Waals surface area (Å²) in [6, 6.07) is 5.14. The van der Waals surface area contributed by atoms with E-state index in [1.165, 1.54) is 12.1 Å². The predicted molar refractivity (Wildman–Crippen MR) is 72.9 cm³/mol. The number of rotatable bonds is 8. The molecule has 1 aromatic carbocycles. The van der Waals surface area contributed by atoms with Gasteiger partial charge in [-0.3, -0.25) is 9.59 Å². The maximum Gasteiger partial charge on any atom is 0.326 e. The van der Waals surface area contributed by atoms with Crippen molar-refractivity contribution in [3.05, 3.63) is 29.8 Å². The molecule has 0 bridgehead atoms. The van der Waals surface area contributed by atoms with Crippen LogP contribution in [-0.4, -0.2) is 39.2 Å². The van der Waals surface area contributed by atoms with Gasteiger partial charge in [0.25, 0.3) is 0 Å². The number of carbonyl (C=O) groups is 3. The Balaban J connectivity index is 2.44. The number of hydrogen-bond acceptors (Lipinski definition) is 4. The Kier molecular flexibility index (Phi) is 6.19. The minimum Gasteiger partial charge on any atom is -0.508 e. The molecular weight excluding hydrogens is 278 g/mol. The van der Waals surface area contributed by atoms with Crippen LogP contribution in [0, 0.1) is 0 Å². The highest BCUT2D eigenvalue weighted by Gasteiger charge is 2.20. The van der Waals surface area contributed by atoms with E-state index in [1.807, 2.05) is 0 Å². The lowest BCUT2D eigenvalue weighted by Gasteiger charge is -2.13. The van der Waals surface area contributed by atoms with Crippen LogP contribution in [0.25, 0.3) is 0 Å². The summed E-state index contributed by atoms with van der Waals surface area (Å²) in [7, 11) is 0. The number of carbonyl (C=O) groups excluding carboxylic acids is 1. The fourth-order valence-electron chi connectivity index (χ4n) is 1.71. The first kappa shape index (κ1) is 16.5. The maximum atomic E-state index is 11.7. The van der Waals surface area contributed by atoms with Gasteiger partial charge in [-0.2, -0.15) is 0 Å². The van der Waals surface area contributed by atoms with Crippen LogP contribution < -0.4 is 5.32 Å². The first-order valence-corrected chi connectivity index (χ1v) is 6.40. The van der Waals surface area contributed by atoms with Crippen LogP contribution in [0.3, 0.4) is 0 Å². The molecule has 0 spiro atoms. The van der Waals surface area contributed by atoms with Crippen molar-refractivity contribution < 1.29 is 29.7 Å². The Morgan fingerprint density at radius 2 is 1.67 bits per heavy atom. The van der Waals surface area contributed by atoms with Gasteiger partial charge < -0.3 is 20.6 Å². The number of aliphatic carboxylic acids is 2. The third-order valence-corrected chi connectivity index (χ3v) is 2.86. The second-order valence-corrected chi connectivity index (χ2v) is 4.56. The number of aromatic hydroxyl groups is 1. The molecule has 0 aliphatic carbocycles. The molecule has 0 fully saturated rings. The van der Waals surface area contributed by atoms with E-state index < -0.39 is 23.9 Å². The van der Waals surface area contributed by atoms with Gasteiger partial charge >= 0.3 is 11.9 Å². The fraction of sp³-hybridized carbons (Fsp3) is 0.357. The molecule has 1 rings (SSSR count).